The van der Waals surface area contributed by atoms with E-state index in [9.17, 15) is 4.79 Å². The lowest BCUT2D eigenvalue weighted by Gasteiger charge is -2.26. The first-order chi connectivity index (χ1) is 8.76. The van der Waals surface area contributed by atoms with E-state index >= 15 is 0 Å². The molecule has 0 aromatic carbocycles. The van der Waals surface area contributed by atoms with Gasteiger partial charge in [-0.05, 0) is 34.9 Å². The highest BCUT2D eigenvalue weighted by Gasteiger charge is 2.18. The Morgan fingerprint density at radius 3 is 1.79 bits per heavy atom. The molecule has 1 saturated heterocycles. The Morgan fingerprint density at radius 2 is 1.37 bits per heavy atom. The summed E-state index contributed by atoms with van der Waals surface area (Å²) in [6.07, 6.45) is 0. The molecule has 0 spiro atoms. The monoisotopic (exact) mass is 270 g/mol. The van der Waals surface area contributed by atoms with Crippen molar-refractivity contribution in [1.29, 1.82) is 0 Å². The van der Waals surface area contributed by atoms with Gasteiger partial charge < -0.3 is 15.1 Å². The Labute approximate surface area is 117 Å². The van der Waals surface area contributed by atoms with Crippen LogP contribution in [0.2, 0.25) is 0 Å². The van der Waals surface area contributed by atoms with Gasteiger partial charge in [-0.3, -0.25) is 9.69 Å². The van der Waals surface area contributed by atoms with Gasteiger partial charge in [-0.1, -0.05) is 0 Å². The fourth-order valence-electron chi connectivity index (χ4n) is 2.12. The molecule has 1 fully saturated rings. The van der Waals surface area contributed by atoms with Crippen LogP contribution in [0.15, 0.2) is 0 Å². The van der Waals surface area contributed by atoms with Crippen LogP contribution < -0.4 is 5.32 Å². The van der Waals surface area contributed by atoms with Crippen LogP contribution in [0.5, 0.6) is 0 Å². The number of hydrogen-bond donors (Lipinski definition) is 1. The maximum Gasteiger partial charge on any atom is 0.234 e. The van der Waals surface area contributed by atoms with Gasteiger partial charge >= 0.3 is 0 Å². The molecule has 1 aliphatic rings. The SMILES string of the molecule is CN1CCN(C)CCN(CC(=O)NC(C)(C)C)CC1. The highest BCUT2D eigenvalue weighted by Crippen LogP contribution is 2.00. The molecule has 0 bridgehead atoms. The van der Waals surface area contributed by atoms with Crippen molar-refractivity contribution in [1.82, 2.24) is 20.0 Å². The Bertz CT molecular complexity index is 274. The van der Waals surface area contributed by atoms with Gasteiger partial charge in [0.2, 0.25) is 5.91 Å². The third-order valence-corrected chi connectivity index (χ3v) is 3.34. The van der Waals surface area contributed by atoms with Crippen molar-refractivity contribution >= 4 is 5.91 Å². The Kier molecular flexibility index (Phi) is 6.23. The van der Waals surface area contributed by atoms with Gasteiger partial charge in [0.1, 0.15) is 0 Å². The molecule has 0 saturated carbocycles. The van der Waals surface area contributed by atoms with Gasteiger partial charge in [0.15, 0.2) is 0 Å². The van der Waals surface area contributed by atoms with Gasteiger partial charge in [-0.15, -0.1) is 0 Å². The van der Waals surface area contributed by atoms with Crippen molar-refractivity contribution in [3.8, 4) is 0 Å². The fourth-order valence-corrected chi connectivity index (χ4v) is 2.12. The number of amides is 1. The maximum atomic E-state index is 12.0. The Morgan fingerprint density at radius 1 is 0.947 bits per heavy atom. The predicted octanol–water partition coefficient (Wildman–Crippen LogP) is 0.0803. The summed E-state index contributed by atoms with van der Waals surface area (Å²) in [5, 5.41) is 3.03. The van der Waals surface area contributed by atoms with E-state index in [4.69, 9.17) is 0 Å². The van der Waals surface area contributed by atoms with Crippen molar-refractivity contribution in [2.45, 2.75) is 26.3 Å². The maximum absolute atomic E-state index is 12.0. The summed E-state index contributed by atoms with van der Waals surface area (Å²) in [6, 6.07) is 0. The van der Waals surface area contributed by atoms with E-state index in [-0.39, 0.29) is 11.4 Å². The average molecular weight is 270 g/mol. The smallest absolute Gasteiger partial charge is 0.234 e. The minimum Gasteiger partial charge on any atom is -0.350 e. The second-order valence-electron chi connectivity index (χ2n) is 6.68. The molecule has 0 aliphatic carbocycles. The first kappa shape index (κ1) is 16.4. The Hall–Kier alpha value is -0.650. The van der Waals surface area contributed by atoms with Crippen LogP contribution in [0.25, 0.3) is 0 Å². The largest absolute Gasteiger partial charge is 0.350 e. The lowest BCUT2D eigenvalue weighted by molar-refractivity contribution is -0.123. The van der Waals surface area contributed by atoms with E-state index in [1.807, 2.05) is 20.8 Å². The summed E-state index contributed by atoms with van der Waals surface area (Å²) < 4.78 is 0. The molecule has 19 heavy (non-hydrogen) atoms. The first-order valence-corrected chi connectivity index (χ1v) is 7.17. The molecule has 0 aromatic rings. The first-order valence-electron chi connectivity index (χ1n) is 7.17. The number of nitrogens with one attached hydrogen (secondary N) is 1. The van der Waals surface area contributed by atoms with Crippen molar-refractivity contribution in [2.24, 2.45) is 0 Å². The summed E-state index contributed by atoms with van der Waals surface area (Å²) in [7, 11) is 4.29. The summed E-state index contributed by atoms with van der Waals surface area (Å²) in [5.74, 6) is 0.122. The van der Waals surface area contributed by atoms with Crippen LogP contribution in [-0.2, 0) is 4.79 Å². The number of hydrogen-bond acceptors (Lipinski definition) is 4. The molecule has 0 atom stereocenters. The van der Waals surface area contributed by atoms with E-state index in [0.717, 1.165) is 39.3 Å². The molecular formula is C14H30N4O. The van der Waals surface area contributed by atoms with Crippen LogP contribution in [0.4, 0.5) is 0 Å². The van der Waals surface area contributed by atoms with Gasteiger partial charge in [-0.25, -0.2) is 0 Å². The average Bonchev–Trinajstić information content (AvgIpc) is 2.32. The second kappa shape index (κ2) is 7.22. The van der Waals surface area contributed by atoms with Gasteiger partial charge in [0, 0.05) is 44.8 Å². The number of carbonyl (C=O) groups excluding carboxylic acids is 1. The highest BCUT2D eigenvalue weighted by atomic mass is 16.2. The second-order valence-corrected chi connectivity index (χ2v) is 6.68. The molecule has 0 unspecified atom stereocenters. The number of carbonyl (C=O) groups is 1. The molecule has 0 radical (unpaired) electrons. The standard InChI is InChI=1S/C14H30N4O/c1-14(2,3)15-13(19)12-18-10-8-16(4)6-7-17(5)9-11-18/h6-12H2,1-5H3,(H,15,19). The van der Waals surface area contributed by atoms with Crippen LogP contribution in [-0.4, -0.2) is 86.1 Å². The summed E-state index contributed by atoms with van der Waals surface area (Å²) in [6.45, 7) is 12.7. The molecule has 1 amide bonds. The number of likely N-dealkylation sites (N-methyl/N-ethyl adjacent to an activating group) is 2. The van der Waals surface area contributed by atoms with E-state index in [2.05, 4.69) is 34.1 Å². The van der Waals surface area contributed by atoms with Crippen LogP contribution in [0, 0.1) is 0 Å². The van der Waals surface area contributed by atoms with Crippen molar-refractivity contribution in [3.05, 3.63) is 0 Å². The molecule has 1 rings (SSSR count). The van der Waals surface area contributed by atoms with E-state index in [1.54, 1.807) is 0 Å². The van der Waals surface area contributed by atoms with E-state index in [0.29, 0.717) is 6.54 Å². The molecule has 112 valence electrons. The zero-order chi connectivity index (χ0) is 14.5. The van der Waals surface area contributed by atoms with Gasteiger partial charge in [0.05, 0.1) is 6.54 Å². The molecular weight excluding hydrogens is 240 g/mol. The van der Waals surface area contributed by atoms with Crippen molar-refractivity contribution < 1.29 is 4.79 Å². The minimum atomic E-state index is -0.149. The molecule has 5 heteroatoms. The van der Waals surface area contributed by atoms with Crippen LogP contribution >= 0.6 is 0 Å². The normalized spacial score (nSPS) is 21.5. The predicted molar refractivity (Wildman–Crippen MR) is 79.3 cm³/mol. The molecule has 0 aromatic heterocycles. The van der Waals surface area contributed by atoms with Gasteiger partial charge in [-0.2, -0.15) is 0 Å². The fraction of sp³-hybridized carbons (Fsp3) is 0.929. The van der Waals surface area contributed by atoms with Crippen molar-refractivity contribution in [3.63, 3.8) is 0 Å². The topological polar surface area (TPSA) is 38.8 Å². The molecule has 1 N–H and O–H groups in total. The highest BCUT2D eigenvalue weighted by molar-refractivity contribution is 5.78. The molecule has 1 heterocycles. The lowest BCUT2D eigenvalue weighted by Crippen LogP contribution is -2.47. The summed E-state index contributed by atoms with van der Waals surface area (Å²) >= 11 is 0. The van der Waals surface area contributed by atoms with E-state index in [1.165, 1.54) is 0 Å². The minimum absolute atomic E-state index is 0.122. The van der Waals surface area contributed by atoms with Crippen LogP contribution in [0.1, 0.15) is 20.8 Å². The number of nitrogens with zero attached hydrogens (tertiary/aromatic N) is 3. The zero-order valence-corrected chi connectivity index (χ0v) is 13.2. The Balaban J connectivity index is 2.47. The van der Waals surface area contributed by atoms with Crippen LogP contribution in [0.3, 0.4) is 0 Å². The van der Waals surface area contributed by atoms with Gasteiger partial charge in [0.25, 0.3) is 0 Å². The zero-order valence-electron chi connectivity index (χ0n) is 13.2. The van der Waals surface area contributed by atoms with Crippen molar-refractivity contribution in [2.75, 3.05) is 59.9 Å². The third-order valence-electron chi connectivity index (χ3n) is 3.34. The lowest BCUT2D eigenvalue weighted by atomic mass is 10.1. The molecule has 5 nitrogen and oxygen atoms in total. The summed E-state index contributed by atoms with van der Waals surface area (Å²) in [4.78, 5) is 18.9. The molecule has 1 aliphatic heterocycles. The number of rotatable bonds is 2. The van der Waals surface area contributed by atoms with E-state index < -0.39 is 0 Å². The third kappa shape index (κ3) is 7.50. The quantitative estimate of drug-likeness (QED) is 0.771. The summed E-state index contributed by atoms with van der Waals surface area (Å²) in [5.41, 5.74) is -0.149.